The predicted octanol–water partition coefficient (Wildman–Crippen LogP) is 3.40. The summed E-state index contributed by atoms with van der Waals surface area (Å²) < 4.78 is 5.32. The fourth-order valence-corrected chi connectivity index (χ4v) is 2.28. The van der Waals surface area contributed by atoms with Gasteiger partial charge in [0.25, 0.3) is 11.6 Å². The first-order valence-electron chi connectivity index (χ1n) is 7.12. The second-order valence-electron chi connectivity index (χ2n) is 5.24. The van der Waals surface area contributed by atoms with Crippen LogP contribution in [0.25, 0.3) is 0 Å². The van der Waals surface area contributed by atoms with Gasteiger partial charge >= 0.3 is 0 Å². The molecule has 0 unspecified atom stereocenters. The molecule has 0 saturated carbocycles. The molecular weight excluding hydrogens is 296 g/mol. The van der Waals surface area contributed by atoms with E-state index in [0.29, 0.717) is 11.3 Å². The third-order valence-corrected chi connectivity index (χ3v) is 3.54. The van der Waals surface area contributed by atoms with E-state index in [2.05, 4.69) is 5.32 Å². The molecule has 0 aliphatic carbocycles. The second kappa shape index (κ2) is 6.91. The van der Waals surface area contributed by atoms with Crippen molar-refractivity contribution in [2.75, 3.05) is 7.11 Å². The maximum Gasteiger partial charge on any atom is 0.269 e. The van der Waals surface area contributed by atoms with Crippen molar-refractivity contribution < 1.29 is 14.5 Å². The summed E-state index contributed by atoms with van der Waals surface area (Å²) in [5, 5.41) is 13.5. The zero-order chi connectivity index (χ0) is 17.0. The summed E-state index contributed by atoms with van der Waals surface area (Å²) in [6.07, 6.45) is 0. The van der Waals surface area contributed by atoms with Crippen LogP contribution in [0.2, 0.25) is 0 Å². The van der Waals surface area contributed by atoms with Gasteiger partial charge in [0.15, 0.2) is 0 Å². The number of carbonyl (C=O) groups excluding carboxylic acids is 1. The van der Waals surface area contributed by atoms with Crippen LogP contribution in [0.1, 0.15) is 34.5 Å². The van der Waals surface area contributed by atoms with Crippen LogP contribution in [0.5, 0.6) is 5.75 Å². The summed E-state index contributed by atoms with van der Waals surface area (Å²) in [4.78, 5) is 22.4. The van der Waals surface area contributed by atoms with E-state index >= 15 is 0 Å². The van der Waals surface area contributed by atoms with E-state index in [9.17, 15) is 14.9 Å². The Morgan fingerprint density at radius 2 is 1.87 bits per heavy atom. The van der Waals surface area contributed by atoms with Gasteiger partial charge in [-0.1, -0.05) is 17.7 Å². The molecule has 6 heteroatoms. The fraction of sp³-hybridized carbons (Fsp3) is 0.235. The Morgan fingerprint density at radius 1 is 1.22 bits per heavy atom. The standard InChI is InChI=1S/C17H18N2O4/c1-11-4-9-16(23-3)15(10-11)12(2)18-17(20)13-5-7-14(8-6-13)19(21)22/h4-10,12H,1-3H3,(H,18,20)/t12-/m0/s1. The van der Waals surface area contributed by atoms with Gasteiger partial charge in [-0.2, -0.15) is 0 Å². The molecule has 1 atom stereocenters. The topological polar surface area (TPSA) is 81.5 Å². The molecule has 6 nitrogen and oxygen atoms in total. The Balaban J connectivity index is 2.16. The second-order valence-corrected chi connectivity index (χ2v) is 5.24. The Morgan fingerprint density at radius 3 is 2.43 bits per heavy atom. The number of nitrogens with one attached hydrogen (secondary N) is 1. The van der Waals surface area contributed by atoms with Crippen LogP contribution in [0.15, 0.2) is 42.5 Å². The summed E-state index contributed by atoms with van der Waals surface area (Å²) in [5.74, 6) is 0.406. The van der Waals surface area contributed by atoms with Gasteiger partial charge in [0.2, 0.25) is 0 Å². The highest BCUT2D eigenvalue weighted by atomic mass is 16.6. The summed E-state index contributed by atoms with van der Waals surface area (Å²) in [7, 11) is 1.58. The molecule has 2 aromatic rings. The number of methoxy groups -OCH3 is 1. The van der Waals surface area contributed by atoms with Gasteiger partial charge in [0.1, 0.15) is 5.75 Å². The molecule has 0 aliphatic rings. The van der Waals surface area contributed by atoms with Crippen molar-refractivity contribution in [2.24, 2.45) is 0 Å². The SMILES string of the molecule is COc1ccc(C)cc1[C@H](C)NC(=O)c1ccc([N+](=O)[O-])cc1. The van der Waals surface area contributed by atoms with Gasteiger partial charge in [-0.15, -0.1) is 0 Å². The first kappa shape index (κ1) is 16.5. The lowest BCUT2D eigenvalue weighted by Crippen LogP contribution is -2.27. The Kier molecular flexibility index (Phi) is 4.95. The number of amides is 1. The summed E-state index contributed by atoms with van der Waals surface area (Å²) in [6, 6.07) is 11.0. The number of non-ortho nitro benzene ring substituents is 1. The normalized spacial score (nSPS) is 11.6. The first-order chi connectivity index (χ1) is 10.9. The fourth-order valence-electron chi connectivity index (χ4n) is 2.28. The molecule has 2 aromatic carbocycles. The molecule has 0 bridgehead atoms. The van der Waals surface area contributed by atoms with Crippen molar-refractivity contribution in [3.63, 3.8) is 0 Å². The summed E-state index contributed by atoms with van der Waals surface area (Å²) in [6.45, 7) is 3.83. The van der Waals surface area contributed by atoms with Crippen LogP contribution in [-0.2, 0) is 0 Å². The van der Waals surface area contributed by atoms with Crippen molar-refractivity contribution in [3.05, 3.63) is 69.3 Å². The first-order valence-corrected chi connectivity index (χ1v) is 7.12. The van der Waals surface area contributed by atoms with E-state index in [1.54, 1.807) is 7.11 Å². The number of rotatable bonds is 5. The zero-order valence-electron chi connectivity index (χ0n) is 13.2. The van der Waals surface area contributed by atoms with E-state index in [1.807, 2.05) is 32.0 Å². The smallest absolute Gasteiger partial charge is 0.269 e. The van der Waals surface area contributed by atoms with Crippen molar-refractivity contribution in [1.82, 2.24) is 5.32 Å². The average Bonchev–Trinajstić information content (AvgIpc) is 2.54. The number of carbonyl (C=O) groups is 1. The average molecular weight is 314 g/mol. The number of ether oxygens (including phenoxy) is 1. The lowest BCUT2D eigenvalue weighted by atomic mass is 10.0. The third-order valence-electron chi connectivity index (χ3n) is 3.54. The lowest BCUT2D eigenvalue weighted by molar-refractivity contribution is -0.384. The van der Waals surface area contributed by atoms with Crippen molar-refractivity contribution in [3.8, 4) is 5.75 Å². The van der Waals surface area contributed by atoms with Crippen LogP contribution in [0.3, 0.4) is 0 Å². The maximum atomic E-state index is 12.3. The van der Waals surface area contributed by atoms with Crippen LogP contribution in [-0.4, -0.2) is 17.9 Å². The van der Waals surface area contributed by atoms with Gasteiger partial charge < -0.3 is 10.1 Å². The van der Waals surface area contributed by atoms with Crippen molar-refractivity contribution in [1.29, 1.82) is 0 Å². The van der Waals surface area contributed by atoms with E-state index in [0.717, 1.165) is 11.1 Å². The molecule has 0 aliphatic heterocycles. The molecule has 2 rings (SSSR count). The molecule has 23 heavy (non-hydrogen) atoms. The number of nitro benzene ring substituents is 1. The van der Waals surface area contributed by atoms with Crippen LogP contribution in [0, 0.1) is 17.0 Å². The molecule has 0 heterocycles. The molecule has 1 N–H and O–H groups in total. The van der Waals surface area contributed by atoms with Crippen molar-refractivity contribution in [2.45, 2.75) is 19.9 Å². The van der Waals surface area contributed by atoms with Gasteiger partial charge in [0, 0.05) is 23.3 Å². The number of hydrogen-bond donors (Lipinski definition) is 1. The van der Waals surface area contributed by atoms with Crippen molar-refractivity contribution >= 4 is 11.6 Å². The summed E-state index contributed by atoms with van der Waals surface area (Å²) >= 11 is 0. The van der Waals surface area contributed by atoms with Gasteiger partial charge in [-0.25, -0.2) is 0 Å². The number of hydrogen-bond acceptors (Lipinski definition) is 4. The molecule has 0 saturated heterocycles. The van der Waals surface area contributed by atoms with Gasteiger partial charge in [-0.05, 0) is 32.0 Å². The monoisotopic (exact) mass is 314 g/mol. The number of benzene rings is 2. The van der Waals surface area contributed by atoms with Crippen LogP contribution in [0.4, 0.5) is 5.69 Å². The van der Waals surface area contributed by atoms with Gasteiger partial charge in [-0.3, -0.25) is 14.9 Å². The minimum Gasteiger partial charge on any atom is -0.496 e. The molecular formula is C17H18N2O4. The highest BCUT2D eigenvalue weighted by Gasteiger charge is 2.16. The molecule has 0 aromatic heterocycles. The van der Waals surface area contributed by atoms with Gasteiger partial charge in [0.05, 0.1) is 18.1 Å². The molecule has 0 fully saturated rings. The maximum absolute atomic E-state index is 12.3. The third kappa shape index (κ3) is 3.85. The molecule has 0 spiro atoms. The number of nitrogens with zero attached hydrogens (tertiary/aromatic N) is 1. The minimum atomic E-state index is -0.498. The Labute approximate surface area is 134 Å². The predicted molar refractivity (Wildman–Crippen MR) is 86.7 cm³/mol. The molecule has 120 valence electrons. The van der Waals surface area contributed by atoms with E-state index < -0.39 is 4.92 Å². The minimum absolute atomic E-state index is 0.0463. The quantitative estimate of drug-likeness (QED) is 0.677. The van der Waals surface area contributed by atoms with E-state index in [1.165, 1.54) is 24.3 Å². The van der Waals surface area contributed by atoms with E-state index in [4.69, 9.17) is 4.74 Å². The van der Waals surface area contributed by atoms with Crippen LogP contribution < -0.4 is 10.1 Å². The molecule has 0 radical (unpaired) electrons. The Hall–Kier alpha value is -2.89. The van der Waals surface area contributed by atoms with Crippen LogP contribution >= 0.6 is 0 Å². The highest BCUT2D eigenvalue weighted by Crippen LogP contribution is 2.26. The number of aryl methyl sites for hydroxylation is 1. The zero-order valence-corrected chi connectivity index (χ0v) is 13.2. The summed E-state index contributed by atoms with van der Waals surface area (Å²) in [5.41, 5.74) is 2.27. The lowest BCUT2D eigenvalue weighted by Gasteiger charge is -2.18. The highest BCUT2D eigenvalue weighted by molar-refractivity contribution is 5.94. The number of nitro groups is 1. The molecule has 1 amide bonds. The Bertz CT molecular complexity index is 726. The van der Waals surface area contributed by atoms with E-state index in [-0.39, 0.29) is 17.6 Å². The largest absolute Gasteiger partial charge is 0.496 e.